The van der Waals surface area contributed by atoms with Crippen LogP contribution in [-0.2, 0) is 15.6 Å². The van der Waals surface area contributed by atoms with Crippen molar-refractivity contribution in [2.24, 2.45) is 0 Å². The third-order valence-corrected chi connectivity index (χ3v) is 6.83. The fourth-order valence-corrected chi connectivity index (χ4v) is 5.20. The second-order valence-corrected chi connectivity index (χ2v) is 9.99. The van der Waals surface area contributed by atoms with Crippen LogP contribution in [0.15, 0.2) is 42.5 Å². The summed E-state index contributed by atoms with van der Waals surface area (Å²) in [4.78, 5) is 12.4. The normalized spacial score (nSPS) is 19.2. The SMILES string of the molecule is CCCCCCCCCC(=O)Oc1ccc2c(c1)C(C)(c1ccc(O)cc1)CC2(C)C. The molecule has 0 aromatic heterocycles. The van der Waals surface area contributed by atoms with Gasteiger partial charge in [-0.15, -0.1) is 0 Å². The largest absolute Gasteiger partial charge is 0.508 e. The van der Waals surface area contributed by atoms with E-state index in [0.29, 0.717) is 12.2 Å². The lowest BCUT2D eigenvalue weighted by atomic mass is 9.75. The van der Waals surface area contributed by atoms with E-state index in [9.17, 15) is 9.90 Å². The number of benzene rings is 2. The molecule has 0 radical (unpaired) electrons. The van der Waals surface area contributed by atoms with Gasteiger partial charge in [-0.1, -0.05) is 84.4 Å². The van der Waals surface area contributed by atoms with Crippen LogP contribution in [0.5, 0.6) is 11.5 Å². The van der Waals surface area contributed by atoms with Gasteiger partial charge in [-0.25, -0.2) is 0 Å². The predicted octanol–water partition coefficient (Wildman–Crippen LogP) is 7.43. The van der Waals surface area contributed by atoms with Gasteiger partial charge in [0.25, 0.3) is 0 Å². The van der Waals surface area contributed by atoms with Crippen molar-refractivity contribution in [1.29, 1.82) is 0 Å². The first-order valence-electron chi connectivity index (χ1n) is 11.9. The lowest BCUT2D eigenvalue weighted by Gasteiger charge is -2.28. The van der Waals surface area contributed by atoms with Gasteiger partial charge < -0.3 is 9.84 Å². The molecule has 1 unspecified atom stereocenters. The van der Waals surface area contributed by atoms with Gasteiger partial charge >= 0.3 is 5.97 Å². The maximum Gasteiger partial charge on any atom is 0.311 e. The number of carbonyl (C=O) groups excluding carboxylic acids is 1. The molecular formula is C28H38O3. The summed E-state index contributed by atoms with van der Waals surface area (Å²) >= 11 is 0. The van der Waals surface area contributed by atoms with Crippen molar-refractivity contribution in [3.63, 3.8) is 0 Å². The van der Waals surface area contributed by atoms with Crippen molar-refractivity contribution in [2.75, 3.05) is 0 Å². The van der Waals surface area contributed by atoms with E-state index in [0.717, 1.165) is 19.3 Å². The van der Waals surface area contributed by atoms with E-state index in [2.05, 4.69) is 39.8 Å². The smallest absolute Gasteiger partial charge is 0.311 e. The first-order valence-corrected chi connectivity index (χ1v) is 11.9. The van der Waals surface area contributed by atoms with Crippen LogP contribution in [0.25, 0.3) is 0 Å². The molecule has 3 rings (SSSR count). The summed E-state index contributed by atoms with van der Waals surface area (Å²) in [7, 11) is 0. The zero-order valence-electron chi connectivity index (χ0n) is 19.7. The first kappa shape index (κ1) is 23.4. The van der Waals surface area contributed by atoms with Crippen molar-refractivity contribution in [3.05, 3.63) is 59.2 Å². The number of unbranched alkanes of at least 4 members (excludes halogenated alkanes) is 6. The maximum atomic E-state index is 12.4. The van der Waals surface area contributed by atoms with E-state index in [4.69, 9.17) is 4.74 Å². The summed E-state index contributed by atoms with van der Waals surface area (Å²) in [6, 6.07) is 13.6. The first-order chi connectivity index (χ1) is 14.8. The third kappa shape index (κ3) is 5.50. The van der Waals surface area contributed by atoms with Crippen LogP contribution in [0.4, 0.5) is 0 Å². The lowest BCUT2D eigenvalue weighted by molar-refractivity contribution is -0.134. The Kier molecular flexibility index (Phi) is 7.46. The highest BCUT2D eigenvalue weighted by molar-refractivity contribution is 5.72. The number of ether oxygens (including phenoxy) is 1. The summed E-state index contributed by atoms with van der Waals surface area (Å²) < 4.78 is 5.72. The zero-order valence-corrected chi connectivity index (χ0v) is 19.7. The molecule has 0 fully saturated rings. The Bertz CT molecular complexity index is 882. The van der Waals surface area contributed by atoms with Gasteiger partial charge in [-0.05, 0) is 59.2 Å². The van der Waals surface area contributed by atoms with Crippen LogP contribution in [0.1, 0.15) is 102 Å². The molecule has 168 valence electrons. The molecule has 0 spiro atoms. The Morgan fingerprint density at radius 1 is 0.903 bits per heavy atom. The molecule has 31 heavy (non-hydrogen) atoms. The number of esters is 1. The molecule has 1 atom stereocenters. The van der Waals surface area contributed by atoms with Gasteiger partial charge in [0.2, 0.25) is 0 Å². The number of phenolic OH excluding ortho intramolecular Hbond substituents is 1. The summed E-state index contributed by atoms with van der Waals surface area (Å²) in [5.41, 5.74) is 3.53. The number of fused-ring (bicyclic) bond motifs is 1. The van der Waals surface area contributed by atoms with Gasteiger partial charge in [0, 0.05) is 11.8 Å². The molecule has 3 heteroatoms. The fourth-order valence-electron chi connectivity index (χ4n) is 5.20. The van der Waals surface area contributed by atoms with Crippen molar-refractivity contribution >= 4 is 5.97 Å². The van der Waals surface area contributed by atoms with Crippen molar-refractivity contribution in [1.82, 2.24) is 0 Å². The molecule has 0 amide bonds. The molecule has 0 bridgehead atoms. The summed E-state index contributed by atoms with van der Waals surface area (Å²) in [5, 5.41) is 9.71. The molecule has 2 aromatic rings. The molecule has 0 heterocycles. The Labute approximate surface area is 187 Å². The molecule has 0 saturated carbocycles. The number of rotatable bonds is 10. The standard InChI is InChI=1S/C28H38O3/c1-5-6-7-8-9-10-11-12-26(30)31-23-17-18-24-25(19-23)28(4,20-27(24,2)3)21-13-15-22(29)16-14-21/h13-19,29H,5-12,20H2,1-4H3. The van der Waals surface area contributed by atoms with Gasteiger partial charge in [0.15, 0.2) is 0 Å². The minimum Gasteiger partial charge on any atom is -0.508 e. The van der Waals surface area contributed by atoms with Crippen molar-refractivity contribution < 1.29 is 14.6 Å². The van der Waals surface area contributed by atoms with E-state index in [1.807, 2.05) is 18.2 Å². The number of carbonyl (C=O) groups is 1. The van der Waals surface area contributed by atoms with E-state index >= 15 is 0 Å². The number of hydrogen-bond acceptors (Lipinski definition) is 3. The Hall–Kier alpha value is -2.29. The van der Waals surface area contributed by atoms with Crippen molar-refractivity contribution in [3.8, 4) is 11.5 Å². The minimum absolute atomic E-state index is 0.0300. The molecule has 1 aliphatic rings. The van der Waals surface area contributed by atoms with Gasteiger partial charge in [-0.3, -0.25) is 4.79 Å². The Balaban J connectivity index is 1.67. The molecular weight excluding hydrogens is 384 g/mol. The summed E-state index contributed by atoms with van der Waals surface area (Å²) in [5.74, 6) is 0.768. The van der Waals surface area contributed by atoms with Crippen LogP contribution in [0.3, 0.4) is 0 Å². The highest BCUT2D eigenvalue weighted by Crippen LogP contribution is 2.53. The van der Waals surface area contributed by atoms with Crippen LogP contribution < -0.4 is 4.74 Å². The highest BCUT2D eigenvalue weighted by Gasteiger charge is 2.45. The Morgan fingerprint density at radius 2 is 1.55 bits per heavy atom. The van der Waals surface area contributed by atoms with E-state index < -0.39 is 0 Å². The minimum atomic E-state index is -0.187. The van der Waals surface area contributed by atoms with Crippen molar-refractivity contribution in [2.45, 2.75) is 96.3 Å². The quantitative estimate of drug-likeness (QED) is 0.246. The van der Waals surface area contributed by atoms with Gasteiger partial charge in [0.05, 0.1) is 0 Å². The predicted molar refractivity (Wildman–Crippen MR) is 127 cm³/mol. The van der Waals surface area contributed by atoms with E-state index in [1.54, 1.807) is 12.1 Å². The highest BCUT2D eigenvalue weighted by atomic mass is 16.5. The second kappa shape index (κ2) is 9.89. The summed E-state index contributed by atoms with van der Waals surface area (Å²) in [6.07, 6.45) is 9.76. The number of phenols is 1. The molecule has 0 aliphatic heterocycles. The molecule has 0 saturated heterocycles. The van der Waals surface area contributed by atoms with Crippen LogP contribution in [0.2, 0.25) is 0 Å². The fraction of sp³-hybridized carbons (Fsp3) is 0.536. The molecule has 2 aromatic carbocycles. The molecule has 3 nitrogen and oxygen atoms in total. The van der Waals surface area contributed by atoms with Gasteiger partial charge in [0.1, 0.15) is 11.5 Å². The average molecular weight is 423 g/mol. The second-order valence-electron chi connectivity index (χ2n) is 9.99. The lowest BCUT2D eigenvalue weighted by Crippen LogP contribution is -2.23. The maximum absolute atomic E-state index is 12.4. The average Bonchev–Trinajstić information content (AvgIpc) is 2.93. The Morgan fingerprint density at radius 3 is 2.23 bits per heavy atom. The number of aromatic hydroxyl groups is 1. The van der Waals surface area contributed by atoms with Crippen LogP contribution in [-0.4, -0.2) is 11.1 Å². The van der Waals surface area contributed by atoms with E-state index in [1.165, 1.54) is 48.8 Å². The van der Waals surface area contributed by atoms with Gasteiger partial charge in [-0.2, -0.15) is 0 Å². The number of hydrogen-bond donors (Lipinski definition) is 1. The topological polar surface area (TPSA) is 46.5 Å². The monoisotopic (exact) mass is 422 g/mol. The van der Waals surface area contributed by atoms with E-state index in [-0.39, 0.29) is 22.5 Å². The molecule has 1 N–H and O–H groups in total. The zero-order chi connectivity index (χ0) is 22.5. The van der Waals surface area contributed by atoms with Crippen LogP contribution in [0, 0.1) is 0 Å². The van der Waals surface area contributed by atoms with Crippen LogP contribution >= 0.6 is 0 Å². The molecule has 1 aliphatic carbocycles. The summed E-state index contributed by atoms with van der Waals surface area (Å²) in [6.45, 7) is 9.01. The third-order valence-electron chi connectivity index (χ3n) is 6.83.